The van der Waals surface area contributed by atoms with E-state index in [-0.39, 0.29) is 6.04 Å². The summed E-state index contributed by atoms with van der Waals surface area (Å²) in [7, 11) is 1.96. The van der Waals surface area contributed by atoms with E-state index in [1.54, 1.807) is 18.7 Å². The average molecular weight is 282 g/mol. The normalized spacial score (nSPS) is 12.7. The van der Waals surface area contributed by atoms with Crippen molar-refractivity contribution in [3.05, 3.63) is 48.3 Å². The largest absolute Gasteiger partial charge is 0.313 e. The number of aryl methyl sites for hydroxylation is 1. The lowest BCUT2D eigenvalue weighted by Crippen LogP contribution is -2.21. The van der Waals surface area contributed by atoms with Gasteiger partial charge in [-0.1, -0.05) is 6.07 Å². The van der Waals surface area contributed by atoms with Gasteiger partial charge in [0.2, 0.25) is 0 Å². The number of aromatic nitrogens is 5. The molecule has 0 saturated heterocycles. The first-order chi connectivity index (χ1) is 10.3. The number of likely N-dealkylation sites (N-methyl/N-ethyl adjacent to an activating group) is 1. The minimum atomic E-state index is 0.172. The van der Waals surface area contributed by atoms with E-state index in [1.165, 1.54) is 5.56 Å². The number of benzene rings is 1. The van der Waals surface area contributed by atoms with Gasteiger partial charge in [-0.15, -0.1) is 0 Å². The van der Waals surface area contributed by atoms with E-state index in [1.807, 2.05) is 17.8 Å². The van der Waals surface area contributed by atoms with Crippen LogP contribution in [0.15, 0.2) is 36.9 Å². The highest BCUT2D eigenvalue weighted by Crippen LogP contribution is 2.20. The number of rotatable bonds is 5. The molecule has 0 aliphatic heterocycles. The van der Waals surface area contributed by atoms with E-state index in [0.29, 0.717) is 0 Å². The van der Waals surface area contributed by atoms with Crippen molar-refractivity contribution in [3.8, 4) is 0 Å². The number of nitrogens with one attached hydrogen (secondary N) is 1. The fourth-order valence-corrected chi connectivity index (χ4v) is 2.48. The van der Waals surface area contributed by atoms with Crippen LogP contribution in [0.2, 0.25) is 0 Å². The van der Waals surface area contributed by atoms with Crippen LogP contribution in [0.25, 0.3) is 11.0 Å². The molecule has 0 radical (unpaired) electrons. The van der Waals surface area contributed by atoms with Crippen LogP contribution in [0, 0.1) is 0 Å². The van der Waals surface area contributed by atoms with Gasteiger partial charge in [0.1, 0.15) is 12.2 Å². The quantitative estimate of drug-likeness (QED) is 0.772. The highest BCUT2D eigenvalue weighted by molar-refractivity contribution is 5.74. The molecule has 6 heteroatoms. The maximum atomic E-state index is 4.37. The van der Waals surface area contributed by atoms with Crippen molar-refractivity contribution >= 4 is 11.0 Å². The SMILES string of the molecule is CCn1ncnc1CC(NC)c1ccc2nccnc2c1. The summed E-state index contributed by atoms with van der Waals surface area (Å²) >= 11 is 0. The number of nitrogens with zero attached hydrogens (tertiary/aromatic N) is 5. The summed E-state index contributed by atoms with van der Waals surface area (Å²) < 4.78 is 1.92. The minimum Gasteiger partial charge on any atom is -0.313 e. The molecule has 0 fully saturated rings. The summed E-state index contributed by atoms with van der Waals surface area (Å²) in [5.41, 5.74) is 3.00. The molecule has 0 aliphatic carbocycles. The Morgan fingerprint density at radius 1 is 1.14 bits per heavy atom. The van der Waals surface area contributed by atoms with Gasteiger partial charge >= 0.3 is 0 Å². The van der Waals surface area contributed by atoms with Crippen LogP contribution >= 0.6 is 0 Å². The van der Waals surface area contributed by atoms with Crippen molar-refractivity contribution in [1.82, 2.24) is 30.0 Å². The topological polar surface area (TPSA) is 68.5 Å². The van der Waals surface area contributed by atoms with Crippen molar-refractivity contribution in [2.75, 3.05) is 7.05 Å². The molecule has 3 aromatic rings. The van der Waals surface area contributed by atoms with Gasteiger partial charge in [-0.25, -0.2) is 4.98 Å². The van der Waals surface area contributed by atoms with Crippen LogP contribution in [-0.2, 0) is 13.0 Å². The third-order valence-corrected chi connectivity index (χ3v) is 3.63. The van der Waals surface area contributed by atoms with Gasteiger partial charge in [0.25, 0.3) is 0 Å². The van der Waals surface area contributed by atoms with E-state index >= 15 is 0 Å². The van der Waals surface area contributed by atoms with E-state index in [0.717, 1.165) is 29.8 Å². The minimum absolute atomic E-state index is 0.172. The van der Waals surface area contributed by atoms with E-state index in [9.17, 15) is 0 Å². The van der Waals surface area contributed by atoms with E-state index in [2.05, 4.69) is 44.4 Å². The lowest BCUT2D eigenvalue weighted by molar-refractivity contribution is 0.534. The first-order valence-electron chi connectivity index (χ1n) is 7.06. The summed E-state index contributed by atoms with van der Waals surface area (Å²) in [6.45, 7) is 2.90. The Morgan fingerprint density at radius 3 is 2.71 bits per heavy atom. The second kappa shape index (κ2) is 5.97. The van der Waals surface area contributed by atoms with Crippen LogP contribution in [0.1, 0.15) is 24.4 Å². The maximum absolute atomic E-state index is 4.37. The van der Waals surface area contributed by atoms with Crippen molar-refractivity contribution in [2.24, 2.45) is 0 Å². The molecular formula is C15H18N6. The first kappa shape index (κ1) is 13.6. The molecular weight excluding hydrogens is 264 g/mol. The molecule has 1 atom stereocenters. The molecule has 0 spiro atoms. The van der Waals surface area contributed by atoms with Crippen LogP contribution in [0.3, 0.4) is 0 Å². The molecule has 108 valence electrons. The van der Waals surface area contributed by atoms with Crippen molar-refractivity contribution in [1.29, 1.82) is 0 Å². The summed E-state index contributed by atoms with van der Waals surface area (Å²) in [6, 6.07) is 6.35. The number of fused-ring (bicyclic) bond motifs is 1. The Balaban J connectivity index is 1.90. The van der Waals surface area contributed by atoms with Crippen molar-refractivity contribution in [3.63, 3.8) is 0 Å². The number of hydrogen-bond donors (Lipinski definition) is 1. The lowest BCUT2D eigenvalue weighted by Gasteiger charge is -2.16. The van der Waals surface area contributed by atoms with Crippen LogP contribution in [0.4, 0.5) is 0 Å². The summed E-state index contributed by atoms with van der Waals surface area (Å²) in [6.07, 6.45) is 5.82. The Hall–Kier alpha value is -2.34. The Morgan fingerprint density at radius 2 is 1.95 bits per heavy atom. The predicted octanol–water partition coefficient (Wildman–Crippen LogP) is 1.74. The van der Waals surface area contributed by atoms with Crippen LogP contribution < -0.4 is 5.32 Å². The zero-order valence-electron chi connectivity index (χ0n) is 12.2. The van der Waals surface area contributed by atoms with E-state index in [4.69, 9.17) is 0 Å². The molecule has 3 rings (SSSR count). The van der Waals surface area contributed by atoms with Gasteiger partial charge in [0.05, 0.1) is 11.0 Å². The van der Waals surface area contributed by atoms with Crippen molar-refractivity contribution in [2.45, 2.75) is 25.9 Å². The second-order valence-corrected chi connectivity index (χ2v) is 4.84. The third kappa shape index (κ3) is 2.75. The zero-order valence-corrected chi connectivity index (χ0v) is 12.2. The molecule has 21 heavy (non-hydrogen) atoms. The van der Waals surface area contributed by atoms with Gasteiger partial charge in [0.15, 0.2) is 0 Å². The second-order valence-electron chi connectivity index (χ2n) is 4.84. The summed E-state index contributed by atoms with van der Waals surface area (Å²) in [5.74, 6) is 0.982. The summed E-state index contributed by atoms with van der Waals surface area (Å²) in [4.78, 5) is 13.0. The predicted molar refractivity (Wildman–Crippen MR) is 80.7 cm³/mol. The molecule has 2 aromatic heterocycles. The maximum Gasteiger partial charge on any atom is 0.138 e. The first-order valence-corrected chi connectivity index (χ1v) is 7.06. The molecule has 1 N–H and O–H groups in total. The fourth-order valence-electron chi connectivity index (χ4n) is 2.48. The smallest absolute Gasteiger partial charge is 0.138 e. The Bertz CT molecular complexity index is 736. The van der Waals surface area contributed by atoms with Crippen LogP contribution in [0.5, 0.6) is 0 Å². The molecule has 0 bridgehead atoms. The lowest BCUT2D eigenvalue weighted by atomic mass is 10.0. The Kier molecular flexibility index (Phi) is 3.87. The highest BCUT2D eigenvalue weighted by atomic mass is 15.3. The van der Waals surface area contributed by atoms with Gasteiger partial charge in [-0.3, -0.25) is 14.6 Å². The molecule has 1 unspecified atom stereocenters. The average Bonchev–Trinajstić information content (AvgIpc) is 2.99. The molecule has 0 aliphatic rings. The van der Waals surface area contributed by atoms with Crippen LogP contribution in [-0.4, -0.2) is 31.8 Å². The van der Waals surface area contributed by atoms with Gasteiger partial charge in [0, 0.05) is 31.4 Å². The molecule has 1 aromatic carbocycles. The fraction of sp³-hybridized carbons (Fsp3) is 0.333. The molecule has 6 nitrogen and oxygen atoms in total. The number of hydrogen-bond acceptors (Lipinski definition) is 5. The highest BCUT2D eigenvalue weighted by Gasteiger charge is 2.14. The molecule has 0 saturated carbocycles. The zero-order chi connectivity index (χ0) is 14.7. The van der Waals surface area contributed by atoms with Crippen molar-refractivity contribution < 1.29 is 0 Å². The molecule has 2 heterocycles. The van der Waals surface area contributed by atoms with Gasteiger partial charge in [-0.05, 0) is 31.7 Å². The summed E-state index contributed by atoms with van der Waals surface area (Å²) in [5, 5.41) is 7.56. The monoisotopic (exact) mass is 282 g/mol. The van der Waals surface area contributed by atoms with Gasteiger partial charge < -0.3 is 5.32 Å². The van der Waals surface area contributed by atoms with Gasteiger partial charge in [-0.2, -0.15) is 5.10 Å². The van der Waals surface area contributed by atoms with E-state index < -0.39 is 0 Å². The third-order valence-electron chi connectivity index (χ3n) is 3.63. The Labute approximate surface area is 123 Å². The standard InChI is InChI=1S/C15H18N6/c1-3-21-15(19-10-20-21)9-13(16-2)11-4-5-12-14(8-11)18-7-6-17-12/h4-8,10,13,16H,3,9H2,1-2H3. The molecule has 0 amide bonds.